The Balaban J connectivity index is 1.93. The van der Waals surface area contributed by atoms with Gasteiger partial charge in [0.15, 0.2) is 0 Å². The standard InChI is InChI=1S/C27H25NO4/c1-4-32-21-12-8-11-20(16-21)25(29)23-24(19-9-6-5-7-10-19)28(27(31)26(23)30)22-14-13-17(2)15-18(22)3/h5-16,24,29H,4H2,1-3H3/b25-23+. The first-order valence-electron chi connectivity index (χ1n) is 10.6. The van der Waals surface area contributed by atoms with Crippen LogP contribution in [-0.2, 0) is 9.59 Å². The molecular formula is C27H25NO4. The van der Waals surface area contributed by atoms with Crippen LogP contribution in [0.5, 0.6) is 5.75 Å². The van der Waals surface area contributed by atoms with Gasteiger partial charge >= 0.3 is 0 Å². The molecule has 4 rings (SSSR count). The molecule has 1 unspecified atom stereocenters. The van der Waals surface area contributed by atoms with Gasteiger partial charge in [-0.15, -0.1) is 0 Å². The number of nitrogens with zero attached hydrogens (tertiary/aromatic N) is 1. The van der Waals surface area contributed by atoms with Crippen LogP contribution >= 0.6 is 0 Å². The van der Waals surface area contributed by atoms with E-state index in [1.807, 2.05) is 69.3 Å². The van der Waals surface area contributed by atoms with Gasteiger partial charge in [0.25, 0.3) is 11.7 Å². The Morgan fingerprint density at radius 1 is 0.969 bits per heavy atom. The van der Waals surface area contributed by atoms with E-state index in [9.17, 15) is 14.7 Å². The van der Waals surface area contributed by atoms with Gasteiger partial charge in [-0.25, -0.2) is 0 Å². The summed E-state index contributed by atoms with van der Waals surface area (Å²) >= 11 is 0. The van der Waals surface area contributed by atoms with Crippen molar-refractivity contribution in [2.75, 3.05) is 11.5 Å². The fourth-order valence-electron chi connectivity index (χ4n) is 4.16. The molecule has 1 atom stereocenters. The lowest BCUT2D eigenvalue weighted by atomic mass is 9.95. The molecule has 3 aromatic rings. The molecule has 0 saturated carbocycles. The number of hydrogen-bond donors (Lipinski definition) is 1. The number of ether oxygens (including phenoxy) is 1. The summed E-state index contributed by atoms with van der Waals surface area (Å²) in [5.41, 5.74) is 3.83. The molecule has 32 heavy (non-hydrogen) atoms. The monoisotopic (exact) mass is 427 g/mol. The van der Waals surface area contributed by atoms with Crippen LogP contribution in [0, 0.1) is 13.8 Å². The maximum atomic E-state index is 13.2. The molecule has 5 heteroatoms. The van der Waals surface area contributed by atoms with Crippen molar-refractivity contribution in [3.05, 3.63) is 101 Å². The van der Waals surface area contributed by atoms with E-state index in [2.05, 4.69) is 0 Å². The minimum Gasteiger partial charge on any atom is -0.507 e. The van der Waals surface area contributed by atoms with Crippen molar-refractivity contribution in [3.63, 3.8) is 0 Å². The number of benzene rings is 3. The Hall–Kier alpha value is -3.86. The summed E-state index contributed by atoms with van der Waals surface area (Å²) in [5.74, 6) is -1.01. The lowest BCUT2D eigenvalue weighted by Crippen LogP contribution is -2.30. The first-order chi connectivity index (χ1) is 15.4. The number of carbonyl (C=O) groups is 2. The molecular weight excluding hydrogens is 402 g/mol. The first kappa shape index (κ1) is 21.4. The fraction of sp³-hybridized carbons (Fsp3) is 0.185. The number of aliphatic hydroxyl groups excluding tert-OH is 1. The Morgan fingerprint density at radius 2 is 1.72 bits per heavy atom. The average Bonchev–Trinajstić information content (AvgIpc) is 3.05. The van der Waals surface area contributed by atoms with Gasteiger partial charge in [-0.3, -0.25) is 14.5 Å². The highest BCUT2D eigenvalue weighted by Crippen LogP contribution is 2.43. The molecule has 0 spiro atoms. The summed E-state index contributed by atoms with van der Waals surface area (Å²) in [4.78, 5) is 28.0. The number of carbonyl (C=O) groups excluding carboxylic acids is 2. The summed E-state index contributed by atoms with van der Waals surface area (Å²) in [6.07, 6.45) is 0. The summed E-state index contributed by atoms with van der Waals surface area (Å²) < 4.78 is 5.54. The summed E-state index contributed by atoms with van der Waals surface area (Å²) in [6, 6.07) is 21.2. The van der Waals surface area contributed by atoms with Crippen LogP contribution in [0.3, 0.4) is 0 Å². The highest BCUT2D eigenvalue weighted by atomic mass is 16.5. The van der Waals surface area contributed by atoms with E-state index < -0.39 is 17.7 Å². The van der Waals surface area contributed by atoms with Crippen molar-refractivity contribution in [1.29, 1.82) is 0 Å². The first-order valence-corrected chi connectivity index (χ1v) is 10.6. The number of hydrogen-bond acceptors (Lipinski definition) is 4. The van der Waals surface area contributed by atoms with Crippen LogP contribution in [0.15, 0.2) is 78.4 Å². The molecule has 3 aromatic carbocycles. The molecule has 1 heterocycles. The molecule has 1 fully saturated rings. The number of amides is 1. The van der Waals surface area contributed by atoms with Gasteiger partial charge in [0.1, 0.15) is 11.5 Å². The van der Waals surface area contributed by atoms with Crippen LogP contribution in [-0.4, -0.2) is 23.4 Å². The zero-order chi connectivity index (χ0) is 22.8. The van der Waals surface area contributed by atoms with Crippen LogP contribution in [0.1, 0.15) is 35.2 Å². The minimum atomic E-state index is -0.742. The third-order valence-electron chi connectivity index (χ3n) is 5.59. The number of Topliss-reactive ketones (excluding diaryl/α,β-unsaturated/α-hetero) is 1. The van der Waals surface area contributed by atoms with Crippen molar-refractivity contribution >= 4 is 23.1 Å². The molecule has 0 aliphatic carbocycles. The van der Waals surface area contributed by atoms with Gasteiger partial charge in [0.2, 0.25) is 0 Å². The highest BCUT2D eigenvalue weighted by Gasteiger charge is 2.47. The van der Waals surface area contributed by atoms with Crippen LogP contribution in [0.4, 0.5) is 5.69 Å². The van der Waals surface area contributed by atoms with Gasteiger partial charge in [-0.1, -0.05) is 60.2 Å². The highest BCUT2D eigenvalue weighted by molar-refractivity contribution is 6.51. The number of aliphatic hydroxyl groups is 1. The summed E-state index contributed by atoms with van der Waals surface area (Å²) in [7, 11) is 0. The van der Waals surface area contributed by atoms with E-state index >= 15 is 0 Å². The smallest absolute Gasteiger partial charge is 0.300 e. The molecule has 5 nitrogen and oxygen atoms in total. The van der Waals surface area contributed by atoms with Gasteiger partial charge < -0.3 is 9.84 Å². The largest absolute Gasteiger partial charge is 0.507 e. The van der Waals surface area contributed by atoms with Crippen molar-refractivity contribution in [2.45, 2.75) is 26.8 Å². The van der Waals surface area contributed by atoms with E-state index in [4.69, 9.17) is 4.74 Å². The molecule has 1 saturated heterocycles. The number of anilines is 1. The van der Waals surface area contributed by atoms with E-state index in [1.54, 1.807) is 24.3 Å². The average molecular weight is 428 g/mol. The topological polar surface area (TPSA) is 66.8 Å². The van der Waals surface area contributed by atoms with Crippen molar-refractivity contribution in [2.24, 2.45) is 0 Å². The fourth-order valence-corrected chi connectivity index (χ4v) is 4.16. The second-order valence-electron chi connectivity index (χ2n) is 7.83. The molecule has 0 radical (unpaired) electrons. The predicted molar refractivity (Wildman–Crippen MR) is 125 cm³/mol. The predicted octanol–water partition coefficient (Wildman–Crippen LogP) is 5.33. The van der Waals surface area contributed by atoms with Crippen molar-refractivity contribution in [1.82, 2.24) is 0 Å². The molecule has 1 N–H and O–H groups in total. The Kier molecular flexibility index (Phi) is 5.82. The van der Waals surface area contributed by atoms with Crippen LogP contribution < -0.4 is 9.64 Å². The second-order valence-corrected chi connectivity index (χ2v) is 7.83. The molecule has 162 valence electrons. The Morgan fingerprint density at radius 3 is 2.41 bits per heavy atom. The molecule has 0 aromatic heterocycles. The number of ketones is 1. The van der Waals surface area contributed by atoms with Gasteiger partial charge in [-0.05, 0) is 50.1 Å². The third kappa shape index (κ3) is 3.78. The van der Waals surface area contributed by atoms with Gasteiger partial charge in [0, 0.05) is 11.3 Å². The second kappa shape index (κ2) is 8.71. The van der Waals surface area contributed by atoms with Crippen LogP contribution in [0.25, 0.3) is 5.76 Å². The van der Waals surface area contributed by atoms with E-state index in [0.29, 0.717) is 23.6 Å². The van der Waals surface area contributed by atoms with E-state index in [1.165, 1.54) is 4.90 Å². The van der Waals surface area contributed by atoms with E-state index in [-0.39, 0.29) is 11.3 Å². The number of aryl methyl sites for hydroxylation is 2. The molecule has 1 amide bonds. The summed E-state index contributed by atoms with van der Waals surface area (Å²) in [5, 5.41) is 11.2. The maximum absolute atomic E-state index is 13.2. The normalized spacial score (nSPS) is 17.6. The maximum Gasteiger partial charge on any atom is 0.300 e. The third-order valence-corrected chi connectivity index (χ3v) is 5.59. The Labute approximate surface area is 187 Å². The molecule has 1 aliphatic heterocycles. The van der Waals surface area contributed by atoms with E-state index in [0.717, 1.165) is 16.7 Å². The zero-order valence-electron chi connectivity index (χ0n) is 18.3. The van der Waals surface area contributed by atoms with Crippen LogP contribution in [0.2, 0.25) is 0 Å². The van der Waals surface area contributed by atoms with Crippen molar-refractivity contribution in [3.8, 4) is 5.75 Å². The zero-order valence-corrected chi connectivity index (χ0v) is 18.3. The van der Waals surface area contributed by atoms with Gasteiger partial charge in [-0.2, -0.15) is 0 Å². The number of rotatable bonds is 5. The van der Waals surface area contributed by atoms with Crippen molar-refractivity contribution < 1.29 is 19.4 Å². The quantitative estimate of drug-likeness (QED) is 0.340. The SMILES string of the molecule is CCOc1cccc(/C(O)=C2\C(=O)C(=O)N(c3ccc(C)cc3C)C2c2ccccc2)c1. The summed E-state index contributed by atoms with van der Waals surface area (Å²) in [6.45, 7) is 6.24. The lowest BCUT2D eigenvalue weighted by Gasteiger charge is -2.27. The Bertz CT molecular complexity index is 1210. The minimum absolute atomic E-state index is 0.0647. The lowest BCUT2D eigenvalue weighted by molar-refractivity contribution is -0.132. The van der Waals surface area contributed by atoms with Gasteiger partial charge in [0.05, 0.1) is 18.2 Å². The molecule has 1 aliphatic rings. The molecule has 0 bridgehead atoms.